The minimum atomic E-state index is -1.25. The highest BCUT2D eigenvalue weighted by atomic mass is 35.5. The summed E-state index contributed by atoms with van der Waals surface area (Å²) >= 11 is 5.83. The average molecular weight is 273 g/mol. The Hall–Kier alpha value is -0.740. The van der Waals surface area contributed by atoms with Gasteiger partial charge in [0.15, 0.2) is 0 Å². The SMILES string of the molecule is CC/C(=N\[S@](=O)C(C)(C)C)c1ccnc(Cl)c1. The van der Waals surface area contributed by atoms with E-state index in [0.717, 1.165) is 11.3 Å². The van der Waals surface area contributed by atoms with Gasteiger partial charge in [0.1, 0.15) is 16.1 Å². The van der Waals surface area contributed by atoms with Crippen LogP contribution >= 0.6 is 11.6 Å². The van der Waals surface area contributed by atoms with E-state index in [0.29, 0.717) is 11.6 Å². The highest BCUT2D eigenvalue weighted by molar-refractivity contribution is 7.85. The van der Waals surface area contributed by atoms with Crippen LogP contribution < -0.4 is 0 Å². The molecule has 0 radical (unpaired) electrons. The van der Waals surface area contributed by atoms with Gasteiger partial charge in [-0.2, -0.15) is 4.40 Å². The van der Waals surface area contributed by atoms with E-state index in [1.807, 2.05) is 33.8 Å². The van der Waals surface area contributed by atoms with Crippen molar-refractivity contribution in [3.05, 3.63) is 29.0 Å². The molecule has 0 unspecified atom stereocenters. The highest BCUT2D eigenvalue weighted by Gasteiger charge is 2.19. The lowest BCUT2D eigenvalue weighted by Crippen LogP contribution is -2.21. The molecule has 1 rings (SSSR count). The Bertz CT molecular complexity index is 452. The zero-order valence-electron chi connectivity index (χ0n) is 10.5. The summed E-state index contributed by atoms with van der Waals surface area (Å²) in [5.74, 6) is 0. The minimum absolute atomic E-state index is 0.350. The average Bonchev–Trinajstić information content (AvgIpc) is 2.24. The van der Waals surface area contributed by atoms with Crippen LogP contribution in [0.15, 0.2) is 22.7 Å². The molecular weight excluding hydrogens is 256 g/mol. The summed E-state index contributed by atoms with van der Waals surface area (Å²) < 4.78 is 15.9. The van der Waals surface area contributed by atoms with Gasteiger partial charge in [0.2, 0.25) is 0 Å². The summed E-state index contributed by atoms with van der Waals surface area (Å²) in [6, 6.07) is 3.57. The zero-order valence-corrected chi connectivity index (χ0v) is 12.1. The molecule has 94 valence electrons. The number of halogens is 1. The van der Waals surface area contributed by atoms with Crippen molar-refractivity contribution in [1.82, 2.24) is 4.98 Å². The van der Waals surface area contributed by atoms with Crippen LogP contribution in [0, 0.1) is 0 Å². The molecule has 0 fully saturated rings. The van der Waals surface area contributed by atoms with Gasteiger partial charge >= 0.3 is 0 Å². The van der Waals surface area contributed by atoms with E-state index in [-0.39, 0.29) is 4.75 Å². The Balaban J connectivity index is 3.08. The molecule has 0 aliphatic carbocycles. The summed E-state index contributed by atoms with van der Waals surface area (Å²) in [5, 5.41) is 0.421. The molecule has 0 amide bonds. The Morgan fingerprint density at radius 2 is 2.18 bits per heavy atom. The van der Waals surface area contributed by atoms with E-state index in [2.05, 4.69) is 9.38 Å². The lowest BCUT2D eigenvalue weighted by molar-refractivity contribution is 0.650. The second-order valence-electron chi connectivity index (χ2n) is 4.62. The third-order valence-electron chi connectivity index (χ3n) is 2.11. The standard InChI is InChI=1S/C12H17ClN2OS/c1-5-10(15-17(16)12(2,3)4)9-6-7-14-11(13)8-9/h6-8H,5H2,1-4H3/b15-10+/t17-/m1/s1. The number of hydrogen-bond donors (Lipinski definition) is 0. The molecule has 0 spiro atoms. The van der Waals surface area contributed by atoms with Gasteiger partial charge in [-0.05, 0) is 39.3 Å². The van der Waals surface area contributed by atoms with Gasteiger partial charge in [0, 0.05) is 11.8 Å². The van der Waals surface area contributed by atoms with Crippen LogP contribution in [-0.2, 0) is 11.0 Å². The second kappa shape index (κ2) is 5.74. The predicted octanol–water partition coefficient (Wildman–Crippen LogP) is 3.40. The first-order valence-electron chi connectivity index (χ1n) is 5.46. The summed E-state index contributed by atoms with van der Waals surface area (Å²) in [4.78, 5) is 3.92. The maximum absolute atomic E-state index is 12.0. The Labute approximate surface area is 110 Å². The lowest BCUT2D eigenvalue weighted by Gasteiger charge is -2.14. The number of nitrogens with zero attached hydrogens (tertiary/aromatic N) is 2. The van der Waals surface area contributed by atoms with Crippen molar-refractivity contribution in [2.45, 2.75) is 38.9 Å². The van der Waals surface area contributed by atoms with Crippen LogP contribution in [0.2, 0.25) is 5.15 Å². The van der Waals surface area contributed by atoms with E-state index in [1.165, 1.54) is 0 Å². The molecule has 0 aliphatic rings. The summed E-state index contributed by atoms with van der Waals surface area (Å²) in [7, 11) is -1.25. The molecule has 0 aromatic carbocycles. The number of rotatable bonds is 3. The molecule has 0 bridgehead atoms. The van der Waals surface area contributed by atoms with Gasteiger partial charge in [0.25, 0.3) is 0 Å². The van der Waals surface area contributed by atoms with E-state index in [9.17, 15) is 4.21 Å². The molecule has 1 heterocycles. The van der Waals surface area contributed by atoms with E-state index in [4.69, 9.17) is 11.6 Å². The van der Waals surface area contributed by atoms with Crippen molar-refractivity contribution in [2.75, 3.05) is 0 Å². The molecule has 1 aromatic rings. The first-order chi connectivity index (χ1) is 7.84. The first kappa shape index (κ1) is 14.3. The lowest BCUT2D eigenvalue weighted by atomic mass is 10.1. The molecule has 0 aliphatic heterocycles. The van der Waals surface area contributed by atoms with Crippen molar-refractivity contribution in [2.24, 2.45) is 4.40 Å². The third kappa shape index (κ3) is 4.21. The van der Waals surface area contributed by atoms with Gasteiger partial charge in [-0.1, -0.05) is 18.5 Å². The van der Waals surface area contributed by atoms with Crippen LogP contribution in [-0.4, -0.2) is 19.7 Å². The molecule has 1 atom stereocenters. The Kier molecular flexibility index (Phi) is 4.83. The monoisotopic (exact) mass is 272 g/mol. The van der Waals surface area contributed by atoms with Crippen molar-refractivity contribution < 1.29 is 4.21 Å². The quantitative estimate of drug-likeness (QED) is 0.625. The molecule has 0 N–H and O–H groups in total. The molecule has 1 aromatic heterocycles. The molecule has 17 heavy (non-hydrogen) atoms. The summed E-state index contributed by atoms with van der Waals surface area (Å²) in [5.41, 5.74) is 1.67. The minimum Gasteiger partial charge on any atom is -0.245 e. The van der Waals surface area contributed by atoms with Crippen LogP contribution in [0.3, 0.4) is 0 Å². The summed E-state index contributed by atoms with van der Waals surface area (Å²) in [6.07, 6.45) is 2.34. The topological polar surface area (TPSA) is 42.3 Å². The molecule has 0 saturated carbocycles. The number of hydrogen-bond acceptors (Lipinski definition) is 2. The molecular formula is C12H17ClN2OS. The fourth-order valence-electron chi connectivity index (χ4n) is 1.14. The van der Waals surface area contributed by atoms with Gasteiger partial charge in [0.05, 0.1) is 10.5 Å². The summed E-state index contributed by atoms with van der Waals surface area (Å²) in [6.45, 7) is 7.69. The van der Waals surface area contributed by atoms with Crippen LogP contribution in [0.25, 0.3) is 0 Å². The normalized spacial score (nSPS) is 14.8. The Morgan fingerprint density at radius 3 is 2.65 bits per heavy atom. The maximum atomic E-state index is 12.0. The highest BCUT2D eigenvalue weighted by Crippen LogP contribution is 2.16. The second-order valence-corrected chi connectivity index (χ2v) is 6.91. The van der Waals surface area contributed by atoms with Crippen LogP contribution in [0.1, 0.15) is 39.7 Å². The number of pyridine rings is 1. The molecule has 0 saturated heterocycles. The zero-order chi connectivity index (χ0) is 13.1. The molecule has 3 nitrogen and oxygen atoms in total. The van der Waals surface area contributed by atoms with Gasteiger partial charge < -0.3 is 0 Å². The van der Waals surface area contributed by atoms with Crippen LogP contribution in [0.5, 0.6) is 0 Å². The Morgan fingerprint density at radius 1 is 1.53 bits per heavy atom. The van der Waals surface area contributed by atoms with E-state index < -0.39 is 11.0 Å². The first-order valence-corrected chi connectivity index (χ1v) is 6.94. The van der Waals surface area contributed by atoms with Crippen molar-refractivity contribution in [1.29, 1.82) is 0 Å². The van der Waals surface area contributed by atoms with E-state index in [1.54, 1.807) is 12.3 Å². The van der Waals surface area contributed by atoms with Gasteiger partial charge in [-0.3, -0.25) is 0 Å². The fourth-order valence-corrected chi connectivity index (χ4v) is 2.02. The maximum Gasteiger partial charge on any atom is 0.145 e. The molecule has 5 heteroatoms. The third-order valence-corrected chi connectivity index (χ3v) is 3.75. The van der Waals surface area contributed by atoms with Gasteiger partial charge in [-0.25, -0.2) is 9.19 Å². The van der Waals surface area contributed by atoms with E-state index >= 15 is 0 Å². The smallest absolute Gasteiger partial charge is 0.145 e. The predicted molar refractivity (Wildman–Crippen MR) is 74.0 cm³/mol. The number of aromatic nitrogens is 1. The fraction of sp³-hybridized carbons (Fsp3) is 0.500. The van der Waals surface area contributed by atoms with Crippen LogP contribution in [0.4, 0.5) is 0 Å². The van der Waals surface area contributed by atoms with Crippen molar-refractivity contribution >= 4 is 28.3 Å². The van der Waals surface area contributed by atoms with Gasteiger partial charge in [-0.15, -0.1) is 0 Å². The van der Waals surface area contributed by atoms with Crippen molar-refractivity contribution in [3.63, 3.8) is 0 Å². The largest absolute Gasteiger partial charge is 0.245 e. The van der Waals surface area contributed by atoms with Crippen molar-refractivity contribution in [3.8, 4) is 0 Å².